The van der Waals surface area contributed by atoms with E-state index in [1.807, 2.05) is 6.92 Å². The number of amides is 1. The van der Waals surface area contributed by atoms with Crippen LogP contribution in [0.3, 0.4) is 0 Å². The van der Waals surface area contributed by atoms with E-state index in [0.29, 0.717) is 17.3 Å². The van der Waals surface area contributed by atoms with Crippen molar-refractivity contribution in [1.29, 1.82) is 0 Å². The summed E-state index contributed by atoms with van der Waals surface area (Å²) in [6.45, 7) is 3.67. The van der Waals surface area contributed by atoms with Gasteiger partial charge < -0.3 is 10.2 Å². The van der Waals surface area contributed by atoms with Crippen LogP contribution in [0.4, 0.5) is 16.0 Å². The van der Waals surface area contributed by atoms with Gasteiger partial charge in [0.25, 0.3) is 5.91 Å². The van der Waals surface area contributed by atoms with Gasteiger partial charge in [0, 0.05) is 24.5 Å². The molecule has 0 atom stereocenters. The SMILES string of the molecule is Cc1cc(C(=O)Nc2cccc(F)c2)nc(N2CCCCCC2)n1. The Morgan fingerprint density at radius 1 is 1.12 bits per heavy atom. The molecule has 1 aromatic heterocycles. The van der Waals surface area contributed by atoms with Crippen LogP contribution >= 0.6 is 0 Å². The van der Waals surface area contributed by atoms with E-state index in [1.54, 1.807) is 18.2 Å². The first-order valence-corrected chi connectivity index (χ1v) is 8.29. The third-order valence-corrected chi connectivity index (χ3v) is 4.05. The normalized spacial score (nSPS) is 15.0. The molecule has 24 heavy (non-hydrogen) atoms. The summed E-state index contributed by atoms with van der Waals surface area (Å²) in [7, 11) is 0. The Morgan fingerprint density at radius 3 is 2.58 bits per heavy atom. The average Bonchev–Trinajstić information content (AvgIpc) is 2.83. The van der Waals surface area contributed by atoms with Crippen LogP contribution in [0, 0.1) is 12.7 Å². The van der Waals surface area contributed by atoms with Gasteiger partial charge in [0.2, 0.25) is 5.95 Å². The highest BCUT2D eigenvalue weighted by Gasteiger charge is 2.16. The first kappa shape index (κ1) is 16.4. The molecule has 1 aliphatic rings. The highest BCUT2D eigenvalue weighted by atomic mass is 19.1. The molecule has 0 bridgehead atoms. The van der Waals surface area contributed by atoms with Crippen LogP contribution in [0.2, 0.25) is 0 Å². The zero-order valence-electron chi connectivity index (χ0n) is 13.8. The summed E-state index contributed by atoms with van der Waals surface area (Å²) in [5.41, 5.74) is 1.45. The minimum atomic E-state index is -0.392. The molecular weight excluding hydrogens is 307 g/mol. The summed E-state index contributed by atoms with van der Waals surface area (Å²) in [5.74, 6) is -0.152. The van der Waals surface area contributed by atoms with Gasteiger partial charge in [-0.25, -0.2) is 14.4 Å². The molecule has 0 unspecified atom stereocenters. The maximum Gasteiger partial charge on any atom is 0.274 e. The molecule has 1 aliphatic heterocycles. The number of hydrogen-bond donors (Lipinski definition) is 1. The van der Waals surface area contributed by atoms with Gasteiger partial charge in [0.1, 0.15) is 11.5 Å². The largest absolute Gasteiger partial charge is 0.341 e. The van der Waals surface area contributed by atoms with Crippen LogP contribution in [-0.2, 0) is 0 Å². The molecule has 1 saturated heterocycles. The number of rotatable bonds is 3. The van der Waals surface area contributed by atoms with E-state index >= 15 is 0 Å². The van der Waals surface area contributed by atoms with Gasteiger partial charge in [-0.05, 0) is 44.0 Å². The van der Waals surface area contributed by atoms with Crippen LogP contribution in [0.1, 0.15) is 41.9 Å². The highest BCUT2D eigenvalue weighted by Crippen LogP contribution is 2.17. The predicted molar refractivity (Wildman–Crippen MR) is 91.8 cm³/mol. The third kappa shape index (κ3) is 4.07. The van der Waals surface area contributed by atoms with Crippen molar-refractivity contribution in [3.8, 4) is 0 Å². The third-order valence-electron chi connectivity index (χ3n) is 4.05. The Bertz CT molecular complexity index is 727. The van der Waals surface area contributed by atoms with E-state index < -0.39 is 5.82 Å². The second-order valence-electron chi connectivity index (χ2n) is 6.06. The fourth-order valence-corrected chi connectivity index (χ4v) is 2.84. The van der Waals surface area contributed by atoms with Crippen LogP contribution in [0.5, 0.6) is 0 Å². The van der Waals surface area contributed by atoms with Gasteiger partial charge in [-0.1, -0.05) is 18.9 Å². The van der Waals surface area contributed by atoms with Crippen LogP contribution in [-0.4, -0.2) is 29.0 Å². The predicted octanol–water partition coefficient (Wildman–Crippen LogP) is 3.56. The molecule has 3 rings (SSSR count). The van der Waals surface area contributed by atoms with E-state index in [4.69, 9.17) is 0 Å². The van der Waals surface area contributed by atoms with Gasteiger partial charge in [0.05, 0.1) is 0 Å². The minimum absolute atomic E-state index is 0.297. The summed E-state index contributed by atoms with van der Waals surface area (Å²) >= 11 is 0. The number of halogens is 1. The first-order valence-electron chi connectivity index (χ1n) is 8.29. The lowest BCUT2D eigenvalue weighted by molar-refractivity contribution is 0.102. The molecule has 2 heterocycles. The van der Waals surface area contributed by atoms with Gasteiger partial charge in [-0.2, -0.15) is 0 Å². The lowest BCUT2D eigenvalue weighted by Gasteiger charge is -2.21. The summed E-state index contributed by atoms with van der Waals surface area (Å²) in [6.07, 6.45) is 4.66. The number of nitrogens with zero attached hydrogens (tertiary/aromatic N) is 3. The Morgan fingerprint density at radius 2 is 1.88 bits per heavy atom. The van der Waals surface area contributed by atoms with Gasteiger partial charge in [-0.15, -0.1) is 0 Å². The molecule has 0 aliphatic carbocycles. The van der Waals surface area contributed by atoms with E-state index in [2.05, 4.69) is 20.2 Å². The lowest BCUT2D eigenvalue weighted by Crippen LogP contribution is -2.27. The molecule has 0 saturated carbocycles. The molecule has 0 radical (unpaired) electrons. The molecule has 6 heteroatoms. The summed E-state index contributed by atoms with van der Waals surface area (Å²) in [4.78, 5) is 23.5. The van der Waals surface area contributed by atoms with Crippen molar-refractivity contribution in [2.24, 2.45) is 0 Å². The Balaban J connectivity index is 1.81. The molecule has 1 aromatic carbocycles. The summed E-state index contributed by atoms with van der Waals surface area (Å²) in [6, 6.07) is 7.46. The zero-order chi connectivity index (χ0) is 16.9. The lowest BCUT2D eigenvalue weighted by atomic mass is 10.2. The number of nitrogens with one attached hydrogen (secondary N) is 1. The van der Waals surface area contributed by atoms with Gasteiger partial charge >= 0.3 is 0 Å². The van der Waals surface area contributed by atoms with Crippen molar-refractivity contribution in [2.45, 2.75) is 32.6 Å². The van der Waals surface area contributed by atoms with E-state index in [9.17, 15) is 9.18 Å². The van der Waals surface area contributed by atoms with Crippen molar-refractivity contribution >= 4 is 17.5 Å². The molecule has 5 nitrogen and oxygen atoms in total. The molecular formula is C18H21FN4O. The van der Waals surface area contributed by atoms with Crippen molar-refractivity contribution in [3.63, 3.8) is 0 Å². The number of aromatic nitrogens is 2. The second kappa shape index (κ2) is 7.38. The monoisotopic (exact) mass is 328 g/mol. The molecule has 0 spiro atoms. The Hall–Kier alpha value is -2.50. The second-order valence-corrected chi connectivity index (χ2v) is 6.06. The van der Waals surface area contributed by atoms with Gasteiger partial charge in [0.15, 0.2) is 0 Å². The fraction of sp³-hybridized carbons (Fsp3) is 0.389. The number of anilines is 2. The van der Waals surface area contributed by atoms with Crippen LogP contribution < -0.4 is 10.2 Å². The van der Waals surface area contributed by atoms with Crippen LogP contribution in [0.25, 0.3) is 0 Å². The summed E-state index contributed by atoms with van der Waals surface area (Å²) < 4.78 is 13.2. The number of carbonyl (C=O) groups excluding carboxylic acids is 1. The Kier molecular flexibility index (Phi) is 5.03. The van der Waals surface area contributed by atoms with Crippen molar-refractivity contribution in [1.82, 2.24) is 9.97 Å². The van der Waals surface area contributed by atoms with Crippen molar-refractivity contribution in [3.05, 3.63) is 47.5 Å². The number of aryl methyl sites for hydroxylation is 1. The number of hydrogen-bond acceptors (Lipinski definition) is 4. The van der Waals surface area contributed by atoms with Gasteiger partial charge in [-0.3, -0.25) is 4.79 Å². The highest BCUT2D eigenvalue weighted by molar-refractivity contribution is 6.03. The van der Waals surface area contributed by atoms with Crippen LogP contribution in [0.15, 0.2) is 30.3 Å². The minimum Gasteiger partial charge on any atom is -0.341 e. The molecule has 2 aromatic rings. The molecule has 1 amide bonds. The molecule has 126 valence electrons. The standard InChI is InChI=1S/C18H21FN4O/c1-13-11-16(17(24)21-15-8-6-7-14(19)12-15)22-18(20-13)23-9-4-2-3-5-10-23/h6-8,11-12H,2-5,9-10H2,1H3,(H,21,24). The van der Waals surface area contributed by atoms with E-state index in [1.165, 1.54) is 25.0 Å². The number of carbonyl (C=O) groups is 1. The average molecular weight is 328 g/mol. The molecule has 1 fully saturated rings. The number of benzene rings is 1. The topological polar surface area (TPSA) is 58.1 Å². The van der Waals surface area contributed by atoms with Crippen molar-refractivity contribution in [2.75, 3.05) is 23.3 Å². The fourth-order valence-electron chi connectivity index (χ4n) is 2.84. The van der Waals surface area contributed by atoms with E-state index in [0.717, 1.165) is 31.6 Å². The maximum absolute atomic E-state index is 13.2. The molecule has 1 N–H and O–H groups in total. The summed E-state index contributed by atoms with van der Waals surface area (Å²) in [5, 5.41) is 2.68. The zero-order valence-corrected chi connectivity index (χ0v) is 13.8. The maximum atomic E-state index is 13.2. The Labute approximate surface area is 140 Å². The van der Waals surface area contributed by atoms with E-state index in [-0.39, 0.29) is 5.91 Å². The first-order chi connectivity index (χ1) is 11.6. The quantitative estimate of drug-likeness (QED) is 0.936. The smallest absolute Gasteiger partial charge is 0.274 e. The van der Waals surface area contributed by atoms with Crippen molar-refractivity contribution < 1.29 is 9.18 Å².